The maximum Gasteiger partial charge on any atom is 0.431 e. The Morgan fingerprint density at radius 3 is 2.31 bits per heavy atom. The predicted molar refractivity (Wildman–Crippen MR) is 92.8 cm³/mol. The summed E-state index contributed by atoms with van der Waals surface area (Å²) in [5.41, 5.74) is -5.52. The number of carbonyl (C=O) groups is 2. The molecular formula is C17H13ClF4N2O5. The molecule has 0 fully saturated rings. The third-order valence-corrected chi connectivity index (χ3v) is 4.28. The van der Waals surface area contributed by atoms with Crippen LogP contribution in [-0.4, -0.2) is 28.0 Å². The van der Waals surface area contributed by atoms with E-state index in [1.807, 2.05) is 0 Å². The third-order valence-electron chi connectivity index (χ3n) is 3.97. The van der Waals surface area contributed by atoms with Gasteiger partial charge in [0.2, 0.25) is 0 Å². The van der Waals surface area contributed by atoms with E-state index in [1.54, 1.807) is 0 Å². The Kier molecular flexibility index (Phi) is 6.31. The Balaban J connectivity index is 2.64. The summed E-state index contributed by atoms with van der Waals surface area (Å²) in [6.07, 6.45) is -5.66. The van der Waals surface area contributed by atoms with E-state index < -0.39 is 46.4 Å². The van der Waals surface area contributed by atoms with Gasteiger partial charge in [0.25, 0.3) is 5.56 Å². The summed E-state index contributed by atoms with van der Waals surface area (Å²) in [7, 11) is 1.87. The molecule has 1 heterocycles. The number of hydrogen-bond acceptors (Lipinski definition) is 5. The predicted octanol–water partition coefficient (Wildman–Crippen LogP) is 2.48. The van der Waals surface area contributed by atoms with Crippen molar-refractivity contribution in [3.8, 4) is 5.69 Å². The highest BCUT2D eigenvalue weighted by atomic mass is 35.5. The number of ketones is 1. The fourth-order valence-electron chi connectivity index (χ4n) is 2.49. The van der Waals surface area contributed by atoms with Crippen LogP contribution in [0.3, 0.4) is 0 Å². The molecule has 0 spiro atoms. The van der Waals surface area contributed by atoms with Crippen molar-refractivity contribution in [1.29, 1.82) is 0 Å². The number of hydrogen-bond donors (Lipinski definition) is 0. The summed E-state index contributed by atoms with van der Waals surface area (Å²) in [4.78, 5) is 47.9. The first-order chi connectivity index (χ1) is 13.4. The van der Waals surface area contributed by atoms with Gasteiger partial charge in [-0.15, -0.1) is 0 Å². The van der Waals surface area contributed by atoms with E-state index in [0.29, 0.717) is 6.07 Å². The lowest BCUT2D eigenvalue weighted by atomic mass is 10.1. The van der Waals surface area contributed by atoms with Crippen LogP contribution in [0.15, 0.2) is 27.8 Å². The van der Waals surface area contributed by atoms with Crippen molar-refractivity contribution in [1.82, 2.24) is 9.13 Å². The molecule has 0 atom stereocenters. The molecule has 7 nitrogen and oxygen atoms in total. The van der Waals surface area contributed by atoms with Crippen molar-refractivity contribution in [2.24, 2.45) is 7.05 Å². The quantitative estimate of drug-likeness (QED) is 0.408. The van der Waals surface area contributed by atoms with Gasteiger partial charge in [-0.1, -0.05) is 11.6 Å². The Labute approximate surface area is 165 Å². The molecule has 0 aliphatic heterocycles. The highest BCUT2D eigenvalue weighted by molar-refractivity contribution is 6.34. The van der Waals surface area contributed by atoms with E-state index in [4.69, 9.17) is 11.6 Å². The Bertz CT molecular complexity index is 1100. The van der Waals surface area contributed by atoms with E-state index in [-0.39, 0.29) is 38.6 Å². The van der Waals surface area contributed by atoms with Gasteiger partial charge in [-0.05, 0) is 12.1 Å². The molecule has 0 aliphatic rings. The van der Waals surface area contributed by atoms with Crippen LogP contribution >= 0.6 is 11.6 Å². The zero-order valence-electron chi connectivity index (χ0n) is 15.0. The summed E-state index contributed by atoms with van der Waals surface area (Å²) < 4.78 is 57.9. The highest BCUT2D eigenvalue weighted by Crippen LogP contribution is 2.28. The summed E-state index contributed by atoms with van der Waals surface area (Å²) in [5.74, 6) is -2.62. The second-order valence-electron chi connectivity index (χ2n) is 5.83. The van der Waals surface area contributed by atoms with Crippen molar-refractivity contribution in [3.05, 3.63) is 61.1 Å². The number of Topliss-reactive ketones (excluding diaryl/α,β-unsaturated/α-hetero) is 1. The minimum Gasteiger partial charge on any atom is -0.469 e. The van der Waals surface area contributed by atoms with E-state index in [2.05, 4.69) is 4.74 Å². The van der Waals surface area contributed by atoms with Gasteiger partial charge in [-0.3, -0.25) is 19.0 Å². The lowest BCUT2D eigenvalue weighted by Gasteiger charge is -2.15. The number of esters is 1. The maximum absolute atomic E-state index is 14.4. The monoisotopic (exact) mass is 436 g/mol. The van der Waals surface area contributed by atoms with Crippen LogP contribution in [0.2, 0.25) is 5.02 Å². The first-order valence-corrected chi connectivity index (χ1v) is 8.26. The lowest BCUT2D eigenvalue weighted by Crippen LogP contribution is -2.41. The largest absolute Gasteiger partial charge is 0.469 e. The molecule has 0 N–H and O–H groups in total. The fraction of sp³-hybridized carbons (Fsp3) is 0.294. The minimum atomic E-state index is -4.99. The van der Waals surface area contributed by atoms with Crippen LogP contribution in [-0.2, 0) is 22.8 Å². The summed E-state index contributed by atoms with van der Waals surface area (Å²) >= 11 is 5.83. The molecule has 0 amide bonds. The zero-order chi connectivity index (χ0) is 22.1. The van der Waals surface area contributed by atoms with Gasteiger partial charge in [0, 0.05) is 25.1 Å². The summed E-state index contributed by atoms with van der Waals surface area (Å²) in [5, 5.41) is -0.363. The number of rotatable bonds is 5. The van der Waals surface area contributed by atoms with Gasteiger partial charge < -0.3 is 4.74 Å². The van der Waals surface area contributed by atoms with Crippen LogP contribution in [0.4, 0.5) is 17.6 Å². The van der Waals surface area contributed by atoms with Gasteiger partial charge in [0.05, 0.1) is 24.2 Å². The summed E-state index contributed by atoms with van der Waals surface area (Å²) in [6.45, 7) is 0. The van der Waals surface area contributed by atoms with Crippen LogP contribution in [0.1, 0.15) is 28.9 Å². The maximum atomic E-state index is 14.4. The van der Waals surface area contributed by atoms with E-state index >= 15 is 0 Å². The van der Waals surface area contributed by atoms with Crippen LogP contribution < -0.4 is 11.2 Å². The van der Waals surface area contributed by atoms with Crippen molar-refractivity contribution in [2.75, 3.05) is 7.11 Å². The number of carbonyl (C=O) groups excluding carboxylic acids is 2. The molecule has 1 aromatic carbocycles. The van der Waals surface area contributed by atoms with E-state index in [9.17, 15) is 36.7 Å². The van der Waals surface area contributed by atoms with E-state index in [0.717, 1.165) is 20.2 Å². The topological polar surface area (TPSA) is 87.4 Å². The Morgan fingerprint density at radius 2 is 1.76 bits per heavy atom. The number of halogens is 5. The normalized spacial score (nSPS) is 11.4. The van der Waals surface area contributed by atoms with Crippen LogP contribution in [0.5, 0.6) is 0 Å². The number of alkyl halides is 3. The molecule has 2 rings (SSSR count). The molecule has 1 aromatic heterocycles. The molecule has 156 valence electrons. The first-order valence-electron chi connectivity index (χ1n) is 7.88. The zero-order valence-corrected chi connectivity index (χ0v) is 15.7. The Morgan fingerprint density at radius 1 is 1.14 bits per heavy atom. The molecule has 0 radical (unpaired) electrons. The molecule has 0 unspecified atom stereocenters. The van der Waals surface area contributed by atoms with Crippen LogP contribution in [0, 0.1) is 5.82 Å². The molecule has 2 aromatic rings. The number of aromatic nitrogens is 2. The van der Waals surface area contributed by atoms with Gasteiger partial charge in [0.15, 0.2) is 5.78 Å². The average Bonchev–Trinajstić information content (AvgIpc) is 2.63. The van der Waals surface area contributed by atoms with Gasteiger partial charge in [-0.25, -0.2) is 13.8 Å². The average molecular weight is 437 g/mol. The van der Waals surface area contributed by atoms with Gasteiger partial charge in [0.1, 0.15) is 11.5 Å². The lowest BCUT2D eigenvalue weighted by molar-refractivity contribution is -0.144. The van der Waals surface area contributed by atoms with Gasteiger partial charge >= 0.3 is 17.8 Å². The smallest absolute Gasteiger partial charge is 0.431 e. The second-order valence-corrected chi connectivity index (χ2v) is 6.23. The first kappa shape index (κ1) is 22.3. The number of methoxy groups -OCH3 is 1. The SMILES string of the molecule is COC(=O)CCC(=O)c1cc(-n2c(=O)cc(C(F)(F)F)n(C)c2=O)c(F)cc1Cl. The number of benzene rings is 1. The molecule has 29 heavy (non-hydrogen) atoms. The number of ether oxygens (including phenoxy) is 1. The van der Waals surface area contributed by atoms with Crippen molar-refractivity contribution in [3.63, 3.8) is 0 Å². The second kappa shape index (κ2) is 8.19. The van der Waals surface area contributed by atoms with Crippen LogP contribution in [0.25, 0.3) is 5.69 Å². The van der Waals surface area contributed by atoms with E-state index in [1.165, 1.54) is 0 Å². The molecule has 0 aliphatic carbocycles. The molecule has 0 saturated carbocycles. The van der Waals surface area contributed by atoms with Crippen molar-refractivity contribution >= 4 is 23.4 Å². The molecule has 0 saturated heterocycles. The molecule has 12 heteroatoms. The van der Waals surface area contributed by atoms with Crippen molar-refractivity contribution < 1.29 is 31.9 Å². The summed E-state index contributed by atoms with van der Waals surface area (Å²) in [6, 6.07) is 1.55. The minimum absolute atomic E-state index is 0.133. The highest BCUT2D eigenvalue weighted by Gasteiger charge is 2.35. The fourth-order valence-corrected chi connectivity index (χ4v) is 2.75. The number of nitrogens with zero attached hydrogens (tertiary/aromatic N) is 2. The third kappa shape index (κ3) is 4.56. The van der Waals surface area contributed by atoms with Crippen molar-refractivity contribution in [2.45, 2.75) is 19.0 Å². The standard InChI is InChI=1S/C17H13ClF4N2O5/c1-23-13(17(20,21)22)7-14(26)24(16(23)28)11-5-8(9(18)6-10(11)19)12(25)3-4-15(27)29-2/h5-7H,3-4H2,1-2H3. The molecular weight excluding hydrogens is 424 g/mol. The molecule has 0 bridgehead atoms. The van der Waals surface area contributed by atoms with Gasteiger partial charge in [-0.2, -0.15) is 13.2 Å². The Hall–Kier alpha value is -2.95.